The lowest BCUT2D eigenvalue weighted by molar-refractivity contribution is -0.161. The van der Waals surface area contributed by atoms with E-state index >= 15 is 0 Å². The number of Topliss-reactive ketones (excluding diaryl/α,β-unsaturated/α-hetero) is 3. The van der Waals surface area contributed by atoms with Crippen molar-refractivity contribution in [1.82, 2.24) is 9.88 Å². The summed E-state index contributed by atoms with van der Waals surface area (Å²) in [5.74, 6) is -5.33. The number of amides is 1. The molecule has 1 aromatic rings. The number of primary amides is 1. The first-order valence-electron chi connectivity index (χ1n) is 11.0. The van der Waals surface area contributed by atoms with Crippen LogP contribution in [-0.4, -0.2) is 75.7 Å². The predicted octanol–water partition coefficient (Wildman–Crippen LogP) is -0.0530. The Labute approximate surface area is 199 Å². The van der Waals surface area contributed by atoms with E-state index in [1.807, 2.05) is 0 Å². The third kappa shape index (κ3) is 2.76. The van der Waals surface area contributed by atoms with Crippen LogP contribution in [0.1, 0.15) is 34.5 Å². The second-order valence-electron chi connectivity index (χ2n) is 9.55. The average molecular weight is 490 g/mol. The van der Waals surface area contributed by atoms with Crippen molar-refractivity contribution >= 4 is 34.9 Å². The second kappa shape index (κ2) is 7.67. The van der Waals surface area contributed by atoms with Crippen molar-refractivity contribution < 1.29 is 34.1 Å². The van der Waals surface area contributed by atoms with Gasteiger partial charge in [-0.25, -0.2) is 4.98 Å². The number of aliphatic hydroxyl groups is 1. The summed E-state index contributed by atoms with van der Waals surface area (Å²) >= 11 is 6.30. The molecule has 0 radical (unpaired) electrons. The average Bonchev–Trinajstić information content (AvgIpc) is 3.19. The molecule has 5 atom stereocenters. The number of carbonyl (C=O) groups excluding carboxylic acids is 4. The highest BCUT2D eigenvalue weighted by atomic mass is 35.5. The molecule has 4 aliphatic rings. The first-order valence-corrected chi connectivity index (χ1v) is 11.4. The van der Waals surface area contributed by atoms with Crippen LogP contribution in [0.3, 0.4) is 0 Å². The molecule has 1 aromatic heterocycles. The molecule has 11 heteroatoms. The quantitative estimate of drug-likeness (QED) is 0.300. The van der Waals surface area contributed by atoms with Gasteiger partial charge in [0.2, 0.25) is 0 Å². The molecule has 0 aromatic carbocycles. The Kier molecular flexibility index (Phi) is 5.21. The number of hydrogen-bond acceptors (Lipinski definition) is 9. The van der Waals surface area contributed by atoms with Crippen LogP contribution in [-0.2, 0) is 32.1 Å². The number of fused-ring (bicyclic) bond motifs is 2. The molecular weight excluding hydrogens is 466 g/mol. The summed E-state index contributed by atoms with van der Waals surface area (Å²) in [4.78, 5) is 59.2. The van der Waals surface area contributed by atoms with Crippen molar-refractivity contribution in [3.8, 4) is 5.75 Å². The van der Waals surface area contributed by atoms with Gasteiger partial charge in [-0.15, -0.1) is 0 Å². The number of ether oxygens (including phenoxy) is 1. The topological polar surface area (TPSA) is 160 Å². The van der Waals surface area contributed by atoms with Gasteiger partial charge in [0.05, 0.1) is 36.3 Å². The van der Waals surface area contributed by atoms with Crippen molar-refractivity contribution in [1.29, 1.82) is 0 Å². The lowest BCUT2D eigenvalue weighted by Gasteiger charge is -2.53. The molecule has 3 aliphatic carbocycles. The van der Waals surface area contributed by atoms with Gasteiger partial charge in [0.1, 0.15) is 10.8 Å². The Morgan fingerprint density at radius 2 is 2.00 bits per heavy atom. The van der Waals surface area contributed by atoms with Gasteiger partial charge in [-0.3, -0.25) is 24.1 Å². The van der Waals surface area contributed by atoms with Crippen LogP contribution in [0.4, 0.5) is 0 Å². The van der Waals surface area contributed by atoms with Crippen molar-refractivity contribution in [2.24, 2.45) is 23.5 Å². The summed E-state index contributed by atoms with van der Waals surface area (Å²) < 4.78 is 6.07. The number of hydrogen-bond donors (Lipinski definition) is 3. The number of halogens is 1. The fourth-order valence-corrected chi connectivity index (χ4v) is 6.82. The van der Waals surface area contributed by atoms with E-state index < -0.39 is 65.0 Å². The van der Waals surface area contributed by atoms with E-state index in [0.717, 1.165) is 0 Å². The van der Waals surface area contributed by atoms with E-state index in [1.165, 1.54) is 0 Å². The maximum absolute atomic E-state index is 14.2. The fraction of sp³-hybridized carbons (Fsp3) is 0.522. The first kappa shape index (κ1) is 23.1. The number of nitrogens with two attached hydrogens (primary N) is 1. The number of carbonyl (C=O) groups is 4. The van der Waals surface area contributed by atoms with E-state index in [0.29, 0.717) is 5.56 Å². The number of nitrogens with zero attached hydrogens (tertiary/aromatic N) is 2. The molecule has 0 bridgehead atoms. The summed E-state index contributed by atoms with van der Waals surface area (Å²) in [7, 11) is 3.36. The summed E-state index contributed by atoms with van der Waals surface area (Å²) in [6, 6.07) is -0.843. The molecular formula is C23H24ClN3O7. The highest BCUT2D eigenvalue weighted by molar-refractivity contribution is 6.31. The first-order chi connectivity index (χ1) is 16.1. The maximum Gasteiger partial charge on any atom is 0.252 e. The molecule has 2 fully saturated rings. The molecule has 1 saturated heterocycles. The van der Waals surface area contributed by atoms with Gasteiger partial charge in [-0.1, -0.05) is 11.6 Å². The Hall–Kier alpha value is -2.66. The van der Waals surface area contributed by atoms with Crippen LogP contribution in [0.2, 0.25) is 5.15 Å². The zero-order valence-electron chi connectivity index (χ0n) is 18.6. The van der Waals surface area contributed by atoms with Gasteiger partial charge in [0.25, 0.3) is 5.91 Å². The number of aromatic nitrogens is 1. The highest BCUT2D eigenvalue weighted by Gasteiger charge is 2.68. The minimum absolute atomic E-state index is 0.0195. The minimum atomic E-state index is -1.62. The van der Waals surface area contributed by atoms with Crippen LogP contribution >= 0.6 is 11.6 Å². The largest absolute Gasteiger partial charge is 0.505 e. The Balaban J connectivity index is 1.72. The van der Waals surface area contributed by atoms with Gasteiger partial charge in [0, 0.05) is 11.5 Å². The molecule has 1 spiro atoms. The third-order valence-corrected chi connectivity index (χ3v) is 8.08. The summed E-state index contributed by atoms with van der Waals surface area (Å²) in [6.07, 6.45) is 0.653. The zero-order chi connectivity index (χ0) is 24.7. The Morgan fingerprint density at radius 1 is 1.29 bits per heavy atom. The van der Waals surface area contributed by atoms with E-state index in [9.17, 15) is 29.4 Å². The number of aromatic hydroxyl groups is 1. The lowest BCUT2D eigenvalue weighted by Crippen LogP contribution is -2.67. The number of pyridine rings is 1. The van der Waals surface area contributed by atoms with E-state index in [1.54, 1.807) is 19.0 Å². The van der Waals surface area contributed by atoms with Crippen molar-refractivity contribution in [3.63, 3.8) is 0 Å². The molecule has 34 heavy (non-hydrogen) atoms. The summed E-state index contributed by atoms with van der Waals surface area (Å²) in [5, 5.41) is 20.1. The molecule has 5 unspecified atom stereocenters. The van der Waals surface area contributed by atoms with Crippen molar-refractivity contribution in [3.05, 3.63) is 33.1 Å². The van der Waals surface area contributed by atoms with Gasteiger partial charge < -0.3 is 20.7 Å². The molecule has 10 nitrogen and oxygen atoms in total. The van der Waals surface area contributed by atoms with Crippen molar-refractivity contribution in [2.75, 3.05) is 20.7 Å². The number of ketones is 3. The maximum atomic E-state index is 14.2. The molecule has 1 saturated carbocycles. The van der Waals surface area contributed by atoms with Gasteiger partial charge in [-0.05, 0) is 44.8 Å². The van der Waals surface area contributed by atoms with Crippen LogP contribution in [0.25, 0.3) is 0 Å². The Bertz CT molecular complexity index is 1210. The fourth-order valence-electron chi connectivity index (χ4n) is 6.54. The van der Waals surface area contributed by atoms with Gasteiger partial charge in [-0.2, -0.15) is 0 Å². The van der Waals surface area contributed by atoms with Gasteiger partial charge in [0.15, 0.2) is 28.7 Å². The van der Waals surface area contributed by atoms with E-state index in [2.05, 4.69) is 4.98 Å². The molecule has 1 aliphatic heterocycles. The standard InChI is InChI=1S/C23H24ClN3O7/c1-27(2)16-11-6-8-5-9-14(17(29)12(7-28)26-21(9)24)18(30)13(8)20(32)23(11)10(3-4-34-23)15(19(16)31)22(25)33/h8,11,13,16,28-29H,3-7H2,1-2H3,(H2,25,33). The monoisotopic (exact) mass is 489 g/mol. The third-order valence-electron chi connectivity index (χ3n) is 7.77. The molecule has 180 valence electrons. The molecule has 5 rings (SSSR count). The number of aliphatic hydroxyl groups excluding tert-OH is 1. The number of likely N-dealkylation sites (N-methyl/N-ethyl adjacent to an activating group) is 1. The molecule has 1 amide bonds. The van der Waals surface area contributed by atoms with E-state index in [4.69, 9.17) is 22.1 Å². The predicted molar refractivity (Wildman–Crippen MR) is 117 cm³/mol. The second-order valence-corrected chi connectivity index (χ2v) is 9.90. The zero-order valence-corrected chi connectivity index (χ0v) is 19.4. The van der Waals surface area contributed by atoms with Crippen LogP contribution in [0.5, 0.6) is 5.75 Å². The summed E-state index contributed by atoms with van der Waals surface area (Å²) in [6.45, 7) is -0.523. The highest BCUT2D eigenvalue weighted by Crippen LogP contribution is 2.56. The Morgan fingerprint density at radius 3 is 2.62 bits per heavy atom. The van der Waals surface area contributed by atoms with Crippen LogP contribution in [0, 0.1) is 17.8 Å². The van der Waals surface area contributed by atoms with Crippen LogP contribution in [0.15, 0.2) is 11.1 Å². The molecule has 2 heterocycles. The van der Waals surface area contributed by atoms with Gasteiger partial charge >= 0.3 is 0 Å². The van der Waals surface area contributed by atoms with Crippen molar-refractivity contribution in [2.45, 2.75) is 37.5 Å². The van der Waals surface area contributed by atoms with Crippen LogP contribution < -0.4 is 5.73 Å². The normalized spacial score (nSPS) is 32.4. The smallest absolute Gasteiger partial charge is 0.252 e. The lowest BCUT2D eigenvalue weighted by atomic mass is 9.53. The molecule has 4 N–H and O–H groups in total. The summed E-state index contributed by atoms with van der Waals surface area (Å²) in [5.41, 5.74) is 4.04. The minimum Gasteiger partial charge on any atom is -0.505 e. The SMILES string of the molecule is CN(C)C1C(=O)C(C(N)=O)=C2CCOC23C(=O)C2C(=O)c4c(O)c(CO)nc(Cl)c4CC2CC13. The van der Waals surface area contributed by atoms with E-state index in [-0.39, 0.29) is 53.4 Å². The number of rotatable bonds is 3.